The molecule has 3 aromatic rings. The van der Waals surface area contributed by atoms with Crippen molar-refractivity contribution in [2.45, 2.75) is 26.6 Å². The van der Waals surface area contributed by atoms with Crippen LogP contribution in [0, 0.1) is 0 Å². The number of halogens is 3. The molecule has 142 valence electrons. The van der Waals surface area contributed by atoms with Gasteiger partial charge in [-0.2, -0.15) is 5.10 Å². The fourth-order valence-electron chi connectivity index (χ4n) is 2.29. The largest absolute Gasteiger partial charge is 0.484 e. The number of ether oxygens (including phenoxy) is 1. The lowest BCUT2D eigenvalue weighted by atomic mass is 10.3. The number of rotatable bonds is 7. The number of nitrogens with zero attached hydrogens (tertiary/aromatic N) is 2. The van der Waals surface area contributed by atoms with Gasteiger partial charge in [0.05, 0.1) is 16.6 Å². The number of nitrogens with one attached hydrogen (secondary N) is 1. The van der Waals surface area contributed by atoms with Gasteiger partial charge in [0, 0.05) is 17.2 Å². The van der Waals surface area contributed by atoms with Gasteiger partial charge in [0.15, 0.2) is 5.76 Å². The molecule has 0 unspecified atom stereocenters. The summed E-state index contributed by atoms with van der Waals surface area (Å²) < 4.78 is 13.7. The van der Waals surface area contributed by atoms with E-state index in [4.69, 9.17) is 32.4 Å². The van der Waals surface area contributed by atoms with Crippen LogP contribution in [0.15, 0.2) is 45.4 Å². The highest BCUT2D eigenvalue weighted by Crippen LogP contribution is 2.28. The molecule has 0 aliphatic heterocycles. The van der Waals surface area contributed by atoms with Crippen molar-refractivity contribution in [2.24, 2.45) is 0 Å². The highest BCUT2D eigenvalue weighted by atomic mass is 79.9. The molecule has 0 aliphatic carbocycles. The number of aryl methyl sites for hydroxylation is 1. The average molecular weight is 473 g/mol. The number of hydrogen-bond acceptors (Lipinski definition) is 4. The fraction of sp³-hybridized carbons (Fsp3) is 0.222. The topological polar surface area (TPSA) is 69.3 Å². The van der Waals surface area contributed by atoms with E-state index in [1.807, 2.05) is 13.0 Å². The van der Waals surface area contributed by atoms with Crippen LogP contribution in [0.5, 0.6) is 5.75 Å². The van der Waals surface area contributed by atoms with E-state index < -0.39 is 0 Å². The number of benzene rings is 1. The Labute approximate surface area is 174 Å². The average Bonchev–Trinajstić information content (AvgIpc) is 3.25. The summed E-state index contributed by atoms with van der Waals surface area (Å²) in [6.07, 6.45) is 1.72. The number of aromatic nitrogens is 2. The minimum Gasteiger partial charge on any atom is -0.484 e. The molecule has 0 atom stereocenters. The van der Waals surface area contributed by atoms with Crippen LogP contribution in [0.3, 0.4) is 0 Å². The minimum absolute atomic E-state index is 0.154. The van der Waals surface area contributed by atoms with Gasteiger partial charge >= 0.3 is 0 Å². The number of carbonyl (C=O) groups excluding carboxylic acids is 1. The Morgan fingerprint density at radius 3 is 2.81 bits per heavy atom. The van der Waals surface area contributed by atoms with E-state index in [0.29, 0.717) is 33.8 Å². The zero-order valence-corrected chi connectivity index (χ0v) is 17.4. The van der Waals surface area contributed by atoms with Crippen LogP contribution < -0.4 is 10.1 Å². The van der Waals surface area contributed by atoms with E-state index in [-0.39, 0.29) is 24.8 Å². The molecule has 0 spiro atoms. The molecule has 0 fully saturated rings. The highest BCUT2D eigenvalue weighted by molar-refractivity contribution is 9.10. The second-order valence-corrected chi connectivity index (χ2v) is 7.32. The number of carbonyl (C=O) groups is 1. The number of furan rings is 1. The Balaban J connectivity index is 1.56. The summed E-state index contributed by atoms with van der Waals surface area (Å²) in [5, 5.41) is 8.01. The lowest BCUT2D eigenvalue weighted by molar-refractivity contribution is 0.0918. The van der Waals surface area contributed by atoms with E-state index in [9.17, 15) is 4.79 Å². The first-order valence-electron chi connectivity index (χ1n) is 8.13. The van der Waals surface area contributed by atoms with Crippen LogP contribution in [-0.2, 0) is 19.7 Å². The van der Waals surface area contributed by atoms with E-state index >= 15 is 0 Å². The van der Waals surface area contributed by atoms with Crippen molar-refractivity contribution >= 4 is 45.0 Å². The predicted molar refractivity (Wildman–Crippen MR) is 106 cm³/mol. The molecule has 9 heteroatoms. The Morgan fingerprint density at radius 2 is 2.11 bits per heavy atom. The standard InChI is InChI=1S/C18H16BrCl2N3O3/c1-2-24-9-14(21)15(23-24)8-22-18(25)17-6-4-12(27-17)10-26-16-5-3-11(19)7-13(16)20/h3-7,9H,2,8,10H2,1H3,(H,22,25). The summed E-state index contributed by atoms with van der Waals surface area (Å²) in [5.41, 5.74) is 0.604. The van der Waals surface area contributed by atoms with E-state index in [2.05, 4.69) is 26.3 Å². The summed E-state index contributed by atoms with van der Waals surface area (Å²) in [6.45, 7) is 3.03. The Hall–Kier alpha value is -1.96. The second-order valence-electron chi connectivity index (χ2n) is 5.59. The molecule has 0 aliphatic rings. The summed E-state index contributed by atoms with van der Waals surface area (Å²) in [5.74, 6) is 0.863. The molecule has 0 radical (unpaired) electrons. The molecule has 3 rings (SSSR count). The molecule has 2 heterocycles. The van der Waals surface area contributed by atoms with Crippen LogP contribution in [0.2, 0.25) is 10.0 Å². The van der Waals surface area contributed by atoms with Gasteiger partial charge in [0.1, 0.15) is 23.8 Å². The van der Waals surface area contributed by atoms with E-state index in [1.165, 1.54) is 0 Å². The predicted octanol–water partition coefficient (Wildman–Crippen LogP) is 5.07. The maximum atomic E-state index is 12.2. The Bertz CT molecular complexity index is 955. The molecule has 27 heavy (non-hydrogen) atoms. The maximum Gasteiger partial charge on any atom is 0.287 e. The first-order valence-corrected chi connectivity index (χ1v) is 9.67. The normalized spacial score (nSPS) is 10.8. The van der Waals surface area contributed by atoms with Crippen molar-refractivity contribution in [1.29, 1.82) is 0 Å². The van der Waals surface area contributed by atoms with Crippen molar-refractivity contribution in [3.63, 3.8) is 0 Å². The fourth-order valence-corrected chi connectivity index (χ4v) is 3.23. The molecular weight excluding hydrogens is 457 g/mol. The molecule has 2 aromatic heterocycles. The van der Waals surface area contributed by atoms with Crippen molar-refractivity contribution in [1.82, 2.24) is 15.1 Å². The summed E-state index contributed by atoms with van der Waals surface area (Å²) in [6, 6.07) is 8.59. The molecule has 1 aromatic carbocycles. The highest BCUT2D eigenvalue weighted by Gasteiger charge is 2.14. The third-order valence-corrected chi connectivity index (χ3v) is 4.78. The van der Waals surface area contributed by atoms with Gasteiger partial charge in [-0.1, -0.05) is 39.1 Å². The van der Waals surface area contributed by atoms with Crippen LogP contribution in [0.25, 0.3) is 0 Å². The zero-order chi connectivity index (χ0) is 19.4. The van der Waals surface area contributed by atoms with Crippen LogP contribution in [0.1, 0.15) is 28.9 Å². The molecule has 0 bridgehead atoms. The summed E-state index contributed by atoms with van der Waals surface area (Å²) in [4.78, 5) is 12.2. The summed E-state index contributed by atoms with van der Waals surface area (Å²) >= 11 is 15.5. The smallest absolute Gasteiger partial charge is 0.287 e. The van der Waals surface area contributed by atoms with Crippen molar-refractivity contribution in [3.8, 4) is 5.75 Å². The van der Waals surface area contributed by atoms with Gasteiger partial charge in [-0.3, -0.25) is 9.48 Å². The molecule has 0 saturated carbocycles. The van der Waals surface area contributed by atoms with Crippen LogP contribution in [0.4, 0.5) is 0 Å². The van der Waals surface area contributed by atoms with Crippen LogP contribution in [-0.4, -0.2) is 15.7 Å². The van der Waals surface area contributed by atoms with E-state index in [1.54, 1.807) is 35.1 Å². The Kier molecular flexibility index (Phi) is 6.46. The molecule has 1 amide bonds. The monoisotopic (exact) mass is 471 g/mol. The molecule has 6 nitrogen and oxygen atoms in total. The third kappa shape index (κ3) is 5.06. The first kappa shape index (κ1) is 19.8. The number of amides is 1. The molecule has 1 N–H and O–H groups in total. The van der Waals surface area contributed by atoms with Gasteiger partial charge < -0.3 is 14.5 Å². The number of hydrogen-bond donors (Lipinski definition) is 1. The lowest BCUT2D eigenvalue weighted by Crippen LogP contribution is -2.22. The van der Waals surface area contributed by atoms with Crippen molar-refractivity contribution in [2.75, 3.05) is 0 Å². The second kappa shape index (κ2) is 8.82. The first-order chi connectivity index (χ1) is 13.0. The van der Waals surface area contributed by atoms with Gasteiger partial charge in [-0.25, -0.2) is 0 Å². The van der Waals surface area contributed by atoms with E-state index in [0.717, 1.165) is 4.47 Å². The van der Waals surface area contributed by atoms with Gasteiger partial charge in [0.25, 0.3) is 5.91 Å². The zero-order valence-electron chi connectivity index (χ0n) is 14.3. The van der Waals surface area contributed by atoms with Crippen molar-refractivity contribution in [3.05, 3.63) is 68.3 Å². The molecule has 0 saturated heterocycles. The maximum absolute atomic E-state index is 12.2. The lowest BCUT2D eigenvalue weighted by Gasteiger charge is -2.06. The van der Waals surface area contributed by atoms with Gasteiger partial charge in [-0.05, 0) is 37.3 Å². The van der Waals surface area contributed by atoms with Gasteiger partial charge in [0.2, 0.25) is 0 Å². The van der Waals surface area contributed by atoms with Gasteiger partial charge in [-0.15, -0.1) is 0 Å². The molecular formula is C18H16BrCl2N3O3. The quantitative estimate of drug-likeness (QED) is 0.520. The third-order valence-electron chi connectivity index (χ3n) is 3.68. The Morgan fingerprint density at radius 1 is 1.30 bits per heavy atom. The SMILES string of the molecule is CCn1cc(Cl)c(CNC(=O)c2ccc(COc3ccc(Br)cc3Cl)o2)n1. The van der Waals surface area contributed by atoms with Crippen molar-refractivity contribution < 1.29 is 13.9 Å². The summed E-state index contributed by atoms with van der Waals surface area (Å²) in [7, 11) is 0. The minimum atomic E-state index is -0.356. The van der Waals surface area contributed by atoms with Crippen LogP contribution >= 0.6 is 39.1 Å².